The van der Waals surface area contributed by atoms with Crippen molar-refractivity contribution < 1.29 is 9.53 Å². The number of methoxy groups -OCH3 is 1. The highest BCUT2D eigenvalue weighted by Crippen LogP contribution is 2.24. The Hall–Kier alpha value is -1.73. The fourth-order valence-corrected chi connectivity index (χ4v) is 2.52. The molecule has 112 valence electrons. The first-order valence-corrected chi connectivity index (χ1v) is 7.36. The van der Waals surface area contributed by atoms with Crippen molar-refractivity contribution in [1.29, 1.82) is 0 Å². The van der Waals surface area contributed by atoms with Crippen LogP contribution in [0.3, 0.4) is 0 Å². The summed E-state index contributed by atoms with van der Waals surface area (Å²) < 4.78 is 7.20. The Labute approximate surface area is 131 Å². The Bertz CT molecular complexity index is 629. The summed E-state index contributed by atoms with van der Waals surface area (Å²) in [5, 5.41) is 4.19. The van der Waals surface area contributed by atoms with Gasteiger partial charge in [-0.2, -0.15) is 0 Å². The summed E-state index contributed by atoms with van der Waals surface area (Å²) >= 11 is 3.45. The van der Waals surface area contributed by atoms with E-state index in [9.17, 15) is 4.79 Å². The van der Waals surface area contributed by atoms with Crippen LogP contribution >= 0.6 is 15.9 Å². The molecule has 2 rings (SSSR count). The number of halogens is 1. The van der Waals surface area contributed by atoms with Crippen molar-refractivity contribution in [3.63, 3.8) is 0 Å². The lowest BCUT2D eigenvalue weighted by Crippen LogP contribution is -2.33. The molecule has 2 unspecified atom stereocenters. The van der Waals surface area contributed by atoms with E-state index in [1.54, 1.807) is 4.68 Å². The number of rotatable bonds is 5. The maximum absolute atomic E-state index is 11.5. The summed E-state index contributed by atoms with van der Waals surface area (Å²) in [7, 11) is 1.30. The molecule has 0 bridgehead atoms. The van der Waals surface area contributed by atoms with Gasteiger partial charge in [0.1, 0.15) is 6.33 Å². The van der Waals surface area contributed by atoms with Crippen LogP contribution in [0.25, 0.3) is 0 Å². The standard InChI is InChI=1S/C14H17BrN4O2/c1-3-11(16)12(9-5-4-6-10(15)7-9)19-8-17-13(18-19)14(20)21-2/h4-8,11-12H,3,16H2,1-2H3. The van der Waals surface area contributed by atoms with Crippen molar-refractivity contribution in [1.82, 2.24) is 14.8 Å². The molecule has 0 fully saturated rings. The van der Waals surface area contributed by atoms with Crippen molar-refractivity contribution >= 4 is 21.9 Å². The highest BCUT2D eigenvalue weighted by Gasteiger charge is 2.23. The van der Waals surface area contributed by atoms with E-state index in [0.29, 0.717) is 0 Å². The van der Waals surface area contributed by atoms with E-state index < -0.39 is 5.97 Å². The number of hydrogen-bond donors (Lipinski definition) is 1. The Balaban J connectivity index is 2.41. The van der Waals surface area contributed by atoms with Gasteiger partial charge in [0.25, 0.3) is 5.82 Å². The van der Waals surface area contributed by atoms with Crippen molar-refractivity contribution in [2.75, 3.05) is 7.11 Å². The number of carbonyl (C=O) groups is 1. The molecule has 1 heterocycles. The van der Waals surface area contributed by atoms with Crippen molar-refractivity contribution in [2.24, 2.45) is 5.73 Å². The summed E-state index contributed by atoms with van der Waals surface area (Å²) in [5.74, 6) is -0.535. The number of benzene rings is 1. The fraction of sp³-hybridized carbons (Fsp3) is 0.357. The second-order valence-corrected chi connectivity index (χ2v) is 5.53. The van der Waals surface area contributed by atoms with Crippen molar-refractivity contribution in [2.45, 2.75) is 25.4 Å². The molecule has 1 aromatic heterocycles. The molecule has 0 radical (unpaired) electrons. The Morgan fingerprint density at radius 1 is 1.52 bits per heavy atom. The SMILES string of the molecule is CCC(N)C(c1cccc(Br)c1)n1cnc(C(=O)OC)n1. The number of carbonyl (C=O) groups excluding carboxylic acids is 1. The summed E-state index contributed by atoms with van der Waals surface area (Å²) in [4.78, 5) is 15.5. The predicted molar refractivity (Wildman–Crippen MR) is 81.9 cm³/mol. The van der Waals surface area contributed by atoms with Gasteiger partial charge >= 0.3 is 5.97 Å². The molecule has 2 atom stereocenters. The van der Waals surface area contributed by atoms with Crippen LogP contribution in [0.5, 0.6) is 0 Å². The second kappa shape index (κ2) is 6.82. The molecule has 2 aromatic rings. The quantitative estimate of drug-likeness (QED) is 0.833. The molecule has 0 saturated carbocycles. The van der Waals surface area contributed by atoms with Gasteiger partial charge in [-0.3, -0.25) is 0 Å². The van der Waals surface area contributed by atoms with Gasteiger partial charge in [-0.1, -0.05) is 35.0 Å². The average Bonchev–Trinajstić information content (AvgIpc) is 2.96. The highest BCUT2D eigenvalue weighted by atomic mass is 79.9. The minimum absolute atomic E-state index is 0.0285. The second-order valence-electron chi connectivity index (χ2n) is 4.61. The lowest BCUT2D eigenvalue weighted by Gasteiger charge is -2.23. The largest absolute Gasteiger partial charge is 0.463 e. The van der Waals surface area contributed by atoms with E-state index in [4.69, 9.17) is 5.73 Å². The van der Waals surface area contributed by atoms with Gasteiger partial charge in [-0.25, -0.2) is 14.5 Å². The molecule has 1 aromatic carbocycles. The summed E-state index contributed by atoms with van der Waals surface area (Å²) in [6, 6.07) is 7.50. The molecule has 0 amide bonds. The smallest absolute Gasteiger partial charge is 0.377 e. The number of esters is 1. The molecule has 21 heavy (non-hydrogen) atoms. The van der Waals surface area contributed by atoms with E-state index >= 15 is 0 Å². The maximum atomic E-state index is 11.5. The van der Waals surface area contributed by atoms with Crippen LogP contribution in [-0.2, 0) is 4.74 Å². The molecule has 0 aliphatic carbocycles. The molecule has 0 aliphatic rings. The van der Waals surface area contributed by atoms with Gasteiger partial charge < -0.3 is 10.5 Å². The third kappa shape index (κ3) is 3.48. The van der Waals surface area contributed by atoms with Crippen molar-refractivity contribution in [3.8, 4) is 0 Å². The summed E-state index contributed by atoms with van der Waals surface area (Å²) in [5.41, 5.74) is 7.23. The van der Waals surface area contributed by atoms with E-state index in [1.165, 1.54) is 13.4 Å². The van der Waals surface area contributed by atoms with Gasteiger partial charge in [0.15, 0.2) is 0 Å². The Kier molecular flexibility index (Phi) is 5.08. The van der Waals surface area contributed by atoms with Crippen LogP contribution in [0, 0.1) is 0 Å². The molecule has 0 spiro atoms. The third-order valence-corrected chi connectivity index (χ3v) is 3.72. The van der Waals surface area contributed by atoms with Gasteiger partial charge in [-0.05, 0) is 24.1 Å². The minimum atomic E-state index is -0.563. The van der Waals surface area contributed by atoms with Crippen LogP contribution in [0.2, 0.25) is 0 Å². The number of aromatic nitrogens is 3. The van der Waals surface area contributed by atoms with Crippen LogP contribution in [-0.4, -0.2) is 33.9 Å². The van der Waals surface area contributed by atoms with Crippen LogP contribution in [0.15, 0.2) is 35.1 Å². The van der Waals surface area contributed by atoms with Gasteiger partial charge in [0, 0.05) is 10.5 Å². The molecule has 6 nitrogen and oxygen atoms in total. The monoisotopic (exact) mass is 352 g/mol. The molecule has 7 heteroatoms. The van der Waals surface area contributed by atoms with Gasteiger partial charge in [0.05, 0.1) is 13.2 Å². The van der Waals surface area contributed by atoms with E-state index in [-0.39, 0.29) is 17.9 Å². The maximum Gasteiger partial charge on any atom is 0.377 e. The zero-order valence-corrected chi connectivity index (χ0v) is 13.4. The zero-order valence-electron chi connectivity index (χ0n) is 11.9. The topological polar surface area (TPSA) is 83.0 Å². The fourth-order valence-electron chi connectivity index (χ4n) is 2.10. The van der Waals surface area contributed by atoms with Crippen molar-refractivity contribution in [3.05, 3.63) is 46.5 Å². The summed E-state index contributed by atoms with van der Waals surface area (Å²) in [6.45, 7) is 2.01. The van der Waals surface area contributed by atoms with Gasteiger partial charge in [0.2, 0.25) is 0 Å². The first-order valence-electron chi connectivity index (χ1n) is 6.57. The zero-order chi connectivity index (χ0) is 15.4. The Morgan fingerprint density at radius 2 is 2.29 bits per heavy atom. The highest BCUT2D eigenvalue weighted by molar-refractivity contribution is 9.10. The lowest BCUT2D eigenvalue weighted by atomic mass is 9.98. The van der Waals surface area contributed by atoms with E-state index in [2.05, 4.69) is 30.7 Å². The van der Waals surface area contributed by atoms with Gasteiger partial charge in [-0.15, -0.1) is 5.10 Å². The normalized spacial score (nSPS) is 13.7. The van der Waals surface area contributed by atoms with Crippen LogP contribution < -0.4 is 5.73 Å². The average molecular weight is 353 g/mol. The van der Waals surface area contributed by atoms with E-state index in [1.807, 2.05) is 31.2 Å². The van der Waals surface area contributed by atoms with E-state index in [0.717, 1.165) is 16.5 Å². The summed E-state index contributed by atoms with van der Waals surface area (Å²) in [6.07, 6.45) is 2.28. The number of ether oxygens (including phenoxy) is 1. The number of nitrogens with two attached hydrogens (primary N) is 1. The molecular formula is C14H17BrN4O2. The lowest BCUT2D eigenvalue weighted by molar-refractivity contribution is 0.0586. The molecule has 2 N–H and O–H groups in total. The first-order chi connectivity index (χ1) is 10.1. The van der Waals surface area contributed by atoms with Crippen LogP contribution in [0.4, 0.5) is 0 Å². The molecule has 0 saturated heterocycles. The number of hydrogen-bond acceptors (Lipinski definition) is 5. The minimum Gasteiger partial charge on any atom is -0.463 e. The van der Waals surface area contributed by atoms with Crippen LogP contribution in [0.1, 0.15) is 35.6 Å². The molecule has 0 aliphatic heterocycles. The Morgan fingerprint density at radius 3 is 2.90 bits per heavy atom. The number of nitrogens with zero attached hydrogens (tertiary/aromatic N) is 3. The molecular weight excluding hydrogens is 336 g/mol. The third-order valence-electron chi connectivity index (χ3n) is 3.23. The predicted octanol–water partition coefficient (Wildman–Crippen LogP) is 2.15. The first kappa shape index (κ1) is 15.7.